The Morgan fingerprint density at radius 1 is 0.893 bits per heavy atom. The number of aryl methyl sites for hydroxylation is 1. The molecule has 0 aliphatic rings. The molecule has 0 atom stereocenters. The first kappa shape index (κ1) is 16.4. The highest BCUT2D eigenvalue weighted by molar-refractivity contribution is 6.11. The van der Waals surface area contributed by atoms with Gasteiger partial charge in [0.1, 0.15) is 0 Å². The van der Waals surface area contributed by atoms with E-state index in [2.05, 4.69) is 51.0 Å². The number of hydrogen-bond acceptors (Lipinski definition) is 3. The van der Waals surface area contributed by atoms with Crippen molar-refractivity contribution in [3.05, 3.63) is 78.6 Å². The maximum atomic E-state index is 12.8. The Balaban J connectivity index is 1.54. The fraction of sp³-hybridized carbons (Fsp3) is 0.0870. The van der Waals surface area contributed by atoms with Gasteiger partial charge in [0.05, 0.1) is 11.0 Å². The minimum atomic E-state index is -0.161. The van der Waals surface area contributed by atoms with Crippen LogP contribution < -0.4 is 5.32 Å². The number of nitrogens with one attached hydrogen (secondary N) is 1. The zero-order valence-electron chi connectivity index (χ0n) is 15.4. The molecule has 0 bridgehead atoms. The van der Waals surface area contributed by atoms with Gasteiger partial charge in [0.15, 0.2) is 0 Å². The van der Waals surface area contributed by atoms with Crippen LogP contribution in [-0.4, -0.2) is 20.4 Å². The summed E-state index contributed by atoms with van der Waals surface area (Å²) in [5, 5.41) is 5.34. The average molecular weight is 366 g/mol. The summed E-state index contributed by atoms with van der Waals surface area (Å²) < 4.78 is 2.29. The molecule has 1 N–H and O–H groups in total. The Morgan fingerprint density at radius 2 is 1.68 bits per heavy atom. The molecule has 1 amide bonds. The highest BCUT2D eigenvalue weighted by Gasteiger charge is 2.12. The SMILES string of the molecule is CCn1c2ccccc2c2cc(NC(=O)c3ccc4nccnc4c3)ccc21. The first-order valence-electron chi connectivity index (χ1n) is 9.28. The number of aromatic nitrogens is 3. The van der Waals surface area contributed by atoms with E-state index in [1.54, 1.807) is 24.5 Å². The molecule has 5 aromatic rings. The van der Waals surface area contributed by atoms with Gasteiger partial charge in [-0.2, -0.15) is 0 Å². The number of hydrogen-bond donors (Lipinski definition) is 1. The van der Waals surface area contributed by atoms with Gasteiger partial charge < -0.3 is 9.88 Å². The van der Waals surface area contributed by atoms with Gasteiger partial charge in [-0.3, -0.25) is 14.8 Å². The van der Waals surface area contributed by atoms with Crippen molar-refractivity contribution >= 4 is 44.4 Å². The Kier molecular flexibility index (Phi) is 3.79. The lowest BCUT2D eigenvalue weighted by atomic mass is 10.1. The molecule has 5 heteroatoms. The van der Waals surface area contributed by atoms with Crippen LogP contribution in [0.3, 0.4) is 0 Å². The molecular formula is C23H18N4O. The van der Waals surface area contributed by atoms with Crippen molar-refractivity contribution in [2.75, 3.05) is 5.32 Å². The molecule has 0 aliphatic carbocycles. The molecule has 28 heavy (non-hydrogen) atoms. The van der Waals surface area contributed by atoms with E-state index in [0.29, 0.717) is 11.1 Å². The number of para-hydroxylation sites is 1. The number of fused-ring (bicyclic) bond motifs is 4. The number of benzene rings is 3. The molecule has 0 fully saturated rings. The Morgan fingerprint density at radius 3 is 2.54 bits per heavy atom. The van der Waals surface area contributed by atoms with E-state index in [0.717, 1.165) is 23.1 Å². The first-order valence-corrected chi connectivity index (χ1v) is 9.28. The monoisotopic (exact) mass is 366 g/mol. The van der Waals surface area contributed by atoms with Crippen LogP contribution in [0.4, 0.5) is 5.69 Å². The lowest BCUT2D eigenvalue weighted by molar-refractivity contribution is 0.102. The number of carbonyl (C=O) groups excluding carboxylic acids is 1. The second kappa shape index (κ2) is 6.46. The molecule has 136 valence electrons. The molecule has 0 saturated carbocycles. The van der Waals surface area contributed by atoms with Gasteiger partial charge in [-0.05, 0) is 49.4 Å². The summed E-state index contributed by atoms with van der Waals surface area (Å²) in [6.45, 7) is 3.04. The molecule has 5 rings (SSSR count). The Hall–Kier alpha value is -3.73. The van der Waals surface area contributed by atoms with Gasteiger partial charge in [0.2, 0.25) is 0 Å². The lowest BCUT2D eigenvalue weighted by Crippen LogP contribution is -2.11. The highest BCUT2D eigenvalue weighted by Crippen LogP contribution is 2.31. The van der Waals surface area contributed by atoms with Crippen LogP contribution in [0.1, 0.15) is 17.3 Å². The van der Waals surface area contributed by atoms with E-state index >= 15 is 0 Å². The number of amides is 1. The average Bonchev–Trinajstić information content (AvgIpc) is 3.06. The van der Waals surface area contributed by atoms with E-state index in [-0.39, 0.29) is 5.91 Å². The quantitative estimate of drug-likeness (QED) is 0.488. The second-order valence-corrected chi connectivity index (χ2v) is 6.71. The van der Waals surface area contributed by atoms with E-state index in [1.807, 2.05) is 24.3 Å². The summed E-state index contributed by atoms with van der Waals surface area (Å²) in [5.41, 5.74) is 5.18. The molecule has 0 unspecified atom stereocenters. The normalized spacial score (nSPS) is 11.3. The molecule has 3 aromatic carbocycles. The predicted octanol–water partition coefficient (Wildman–Crippen LogP) is 5.01. The Bertz CT molecular complexity index is 1350. The summed E-state index contributed by atoms with van der Waals surface area (Å²) in [4.78, 5) is 21.3. The van der Waals surface area contributed by atoms with E-state index in [9.17, 15) is 4.79 Å². The second-order valence-electron chi connectivity index (χ2n) is 6.71. The molecule has 2 heterocycles. The Labute approximate surface area is 161 Å². The van der Waals surface area contributed by atoms with Gasteiger partial charge in [-0.1, -0.05) is 18.2 Å². The van der Waals surface area contributed by atoms with Gasteiger partial charge in [-0.25, -0.2) is 0 Å². The minimum absolute atomic E-state index is 0.161. The third-order valence-electron chi connectivity index (χ3n) is 5.08. The number of anilines is 1. The van der Waals surface area contributed by atoms with Gasteiger partial charge in [0.25, 0.3) is 5.91 Å². The van der Waals surface area contributed by atoms with Gasteiger partial charge in [-0.15, -0.1) is 0 Å². The first-order chi connectivity index (χ1) is 13.7. The van der Waals surface area contributed by atoms with E-state index < -0.39 is 0 Å². The molecule has 0 saturated heterocycles. The molecule has 0 spiro atoms. The van der Waals surface area contributed by atoms with Crippen LogP contribution in [0, 0.1) is 0 Å². The maximum Gasteiger partial charge on any atom is 0.255 e. The van der Waals surface area contributed by atoms with Crippen molar-refractivity contribution in [2.24, 2.45) is 0 Å². The number of nitrogens with zero attached hydrogens (tertiary/aromatic N) is 3. The minimum Gasteiger partial charge on any atom is -0.341 e. The van der Waals surface area contributed by atoms with Crippen molar-refractivity contribution in [1.82, 2.24) is 14.5 Å². The summed E-state index contributed by atoms with van der Waals surface area (Å²) in [6, 6.07) is 19.8. The summed E-state index contributed by atoms with van der Waals surface area (Å²) in [6.07, 6.45) is 3.27. The van der Waals surface area contributed by atoms with E-state index in [4.69, 9.17) is 0 Å². The number of carbonyl (C=O) groups is 1. The highest BCUT2D eigenvalue weighted by atomic mass is 16.1. The third kappa shape index (κ3) is 2.60. The third-order valence-corrected chi connectivity index (χ3v) is 5.08. The summed E-state index contributed by atoms with van der Waals surface area (Å²) in [5.74, 6) is -0.161. The summed E-state index contributed by atoms with van der Waals surface area (Å²) in [7, 11) is 0. The molecule has 5 nitrogen and oxygen atoms in total. The van der Waals surface area contributed by atoms with Crippen LogP contribution in [-0.2, 0) is 6.54 Å². The van der Waals surface area contributed by atoms with Gasteiger partial charge in [0, 0.05) is 52.0 Å². The number of rotatable bonds is 3. The van der Waals surface area contributed by atoms with Crippen molar-refractivity contribution < 1.29 is 4.79 Å². The topological polar surface area (TPSA) is 59.8 Å². The predicted molar refractivity (Wildman–Crippen MR) is 113 cm³/mol. The van der Waals surface area contributed by atoms with Crippen LogP contribution in [0.5, 0.6) is 0 Å². The lowest BCUT2D eigenvalue weighted by Gasteiger charge is -2.07. The fourth-order valence-corrected chi connectivity index (χ4v) is 3.78. The van der Waals surface area contributed by atoms with Crippen molar-refractivity contribution in [1.29, 1.82) is 0 Å². The van der Waals surface area contributed by atoms with Crippen LogP contribution in [0.2, 0.25) is 0 Å². The van der Waals surface area contributed by atoms with Crippen molar-refractivity contribution in [3.63, 3.8) is 0 Å². The zero-order chi connectivity index (χ0) is 19.1. The molecule has 0 aliphatic heterocycles. The standard InChI is InChI=1S/C23H18N4O/c1-2-27-21-6-4-3-5-17(21)18-14-16(8-10-22(18)27)26-23(28)15-7-9-19-20(13-15)25-12-11-24-19/h3-14H,2H2,1H3,(H,26,28). The smallest absolute Gasteiger partial charge is 0.255 e. The molecule has 0 radical (unpaired) electrons. The largest absolute Gasteiger partial charge is 0.341 e. The van der Waals surface area contributed by atoms with Crippen molar-refractivity contribution in [3.8, 4) is 0 Å². The van der Waals surface area contributed by atoms with Crippen LogP contribution >= 0.6 is 0 Å². The van der Waals surface area contributed by atoms with Gasteiger partial charge >= 0.3 is 0 Å². The fourth-order valence-electron chi connectivity index (χ4n) is 3.78. The zero-order valence-corrected chi connectivity index (χ0v) is 15.4. The van der Waals surface area contributed by atoms with Crippen LogP contribution in [0.15, 0.2) is 73.1 Å². The summed E-state index contributed by atoms with van der Waals surface area (Å²) >= 11 is 0. The van der Waals surface area contributed by atoms with Crippen LogP contribution in [0.25, 0.3) is 32.8 Å². The molecule has 2 aromatic heterocycles. The van der Waals surface area contributed by atoms with E-state index in [1.165, 1.54) is 16.4 Å². The maximum absolute atomic E-state index is 12.8. The van der Waals surface area contributed by atoms with Crippen molar-refractivity contribution in [2.45, 2.75) is 13.5 Å². The molecular weight excluding hydrogens is 348 g/mol.